The number of hydrogen-bond donors (Lipinski definition) is 1. The van der Waals surface area contributed by atoms with E-state index in [4.69, 9.17) is 10.6 Å². The maximum atomic E-state index is 12.9. The number of oxime groups is 1. The summed E-state index contributed by atoms with van der Waals surface area (Å²) in [7, 11) is -3.57. The van der Waals surface area contributed by atoms with Crippen molar-refractivity contribution in [2.45, 2.75) is 17.7 Å². The number of amidine groups is 1. The average Bonchev–Trinajstić information content (AvgIpc) is 2.73. The maximum absolute atomic E-state index is 12.9. The Morgan fingerprint density at radius 2 is 1.68 bits per heavy atom. The smallest absolute Gasteiger partial charge is 0.338 e. The Hall–Kier alpha value is -2.78. The number of sulfonamides is 1. The standard InChI is InChI=1S/C19H20FN3O4S/c20-16-8-6-14(7-9-16)18(21)22-27-19(24)15-10-12-23(13-11-15)28(25,26)17-4-2-1-3-5-17/h1-9,15H,10-13H2,(H2,21,22). The fraction of sp³-hybridized carbons (Fsp3) is 0.263. The molecule has 2 N–H and O–H groups in total. The summed E-state index contributed by atoms with van der Waals surface area (Å²) < 4.78 is 39.5. The summed E-state index contributed by atoms with van der Waals surface area (Å²) >= 11 is 0. The van der Waals surface area contributed by atoms with Gasteiger partial charge in [0, 0.05) is 18.7 Å². The predicted molar refractivity (Wildman–Crippen MR) is 101 cm³/mol. The first-order chi connectivity index (χ1) is 13.4. The Morgan fingerprint density at radius 1 is 1.07 bits per heavy atom. The maximum Gasteiger partial charge on any atom is 0.338 e. The Kier molecular flexibility index (Phi) is 6.05. The van der Waals surface area contributed by atoms with E-state index in [1.54, 1.807) is 30.3 Å². The molecule has 3 rings (SSSR count). The van der Waals surface area contributed by atoms with Gasteiger partial charge in [0.05, 0.1) is 10.8 Å². The zero-order valence-electron chi connectivity index (χ0n) is 15.0. The SMILES string of the molecule is N/C(=N\OC(=O)C1CCN(S(=O)(=O)c2ccccc2)CC1)c1ccc(F)cc1. The summed E-state index contributed by atoms with van der Waals surface area (Å²) in [6.45, 7) is 0.433. The third kappa shape index (κ3) is 4.55. The Bertz CT molecular complexity index is 954. The highest BCUT2D eigenvalue weighted by molar-refractivity contribution is 7.89. The molecular weight excluding hydrogens is 385 g/mol. The summed E-state index contributed by atoms with van der Waals surface area (Å²) in [6, 6.07) is 13.5. The van der Waals surface area contributed by atoms with Crippen LogP contribution in [0.1, 0.15) is 18.4 Å². The van der Waals surface area contributed by atoms with Crippen LogP contribution in [0.3, 0.4) is 0 Å². The molecule has 2 aromatic carbocycles. The van der Waals surface area contributed by atoms with Gasteiger partial charge >= 0.3 is 5.97 Å². The molecule has 0 spiro atoms. The molecule has 1 aliphatic heterocycles. The van der Waals surface area contributed by atoms with Crippen LogP contribution in [-0.2, 0) is 19.7 Å². The number of benzene rings is 2. The van der Waals surface area contributed by atoms with Crippen LogP contribution in [0.15, 0.2) is 64.6 Å². The lowest BCUT2D eigenvalue weighted by Crippen LogP contribution is -2.40. The molecule has 1 fully saturated rings. The van der Waals surface area contributed by atoms with Gasteiger partial charge in [-0.15, -0.1) is 0 Å². The molecule has 0 amide bonds. The molecule has 148 valence electrons. The number of nitrogens with two attached hydrogens (primary N) is 1. The summed E-state index contributed by atoms with van der Waals surface area (Å²) in [6.07, 6.45) is 0.660. The van der Waals surface area contributed by atoms with Gasteiger partial charge in [-0.05, 0) is 49.2 Å². The molecule has 0 aromatic heterocycles. The van der Waals surface area contributed by atoms with Gasteiger partial charge in [-0.3, -0.25) is 0 Å². The topological polar surface area (TPSA) is 102 Å². The molecule has 1 saturated heterocycles. The van der Waals surface area contributed by atoms with Crippen molar-refractivity contribution >= 4 is 21.8 Å². The van der Waals surface area contributed by atoms with Crippen molar-refractivity contribution in [3.05, 3.63) is 66.0 Å². The second kappa shape index (κ2) is 8.49. The second-order valence-electron chi connectivity index (χ2n) is 6.39. The molecule has 2 aromatic rings. The van der Waals surface area contributed by atoms with E-state index in [0.717, 1.165) is 0 Å². The van der Waals surface area contributed by atoms with Crippen molar-refractivity contribution in [2.24, 2.45) is 16.8 Å². The summed E-state index contributed by atoms with van der Waals surface area (Å²) in [5.74, 6) is -1.49. The molecule has 7 nitrogen and oxygen atoms in total. The highest BCUT2D eigenvalue weighted by atomic mass is 32.2. The molecule has 1 aliphatic rings. The third-order valence-electron chi connectivity index (χ3n) is 4.54. The Morgan fingerprint density at radius 3 is 2.29 bits per heavy atom. The highest BCUT2D eigenvalue weighted by Crippen LogP contribution is 2.24. The van der Waals surface area contributed by atoms with Gasteiger partial charge in [-0.1, -0.05) is 23.4 Å². The lowest BCUT2D eigenvalue weighted by Gasteiger charge is -2.29. The minimum absolute atomic E-state index is 0.0440. The lowest BCUT2D eigenvalue weighted by atomic mass is 9.99. The van der Waals surface area contributed by atoms with Gasteiger partial charge in [-0.25, -0.2) is 17.6 Å². The van der Waals surface area contributed by atoms with Crippen molar-refractivity contribution < 1.29 is 22.4 Å². The molecular formula is C19H20FN3O4S. The van der Waals surface area contributed by atoms with E-state index < -0.39 is 27.7 Å². The van der Waals surface area contributed by atoms with E-state index >= 15 is 0 Å². The zero-order chi connectivity index (χ0) is 20.1. The van der Waals surface area contributed by atoms with E-state index in [-0.39, 0.29) is 23.8 Å². The molecule has 0 radical (unpaired) electrons. The highest BCUT2D eigenvalue weighted by Gasteiger charge is 2.33. The molecule has 0 unspecified atom stereocenters. The van der Waals surface area contributed by atoms with Gasteiger partial charge in [0.2, 0.25) is 10.0 Å². The molecule has 0 saturated carbocycles. The molecule has 0 atom stereocenters. The van der Waals surface area contributed by atoms with Gasteiger partial charge in [0.1, 0.15) is 5.82 Å². The Balaban J connectivity index is 1.56. The lowest BCUT2D eigenvalue weighted by molar-refractivity contribution is -0.149. The number of carbonyl (C=O) groups excluding carboxylic acids is 1. The molecule has 0 aliphatic carbocycles. The fourth-order valence-corrected chi connectivity index (χ4v) is 4.41. The summed E-state index contributed by atoms with van der Waals surface area (Å²) in [5, 5.41) is 3.61. The second-order valence-corrected chi connectivity index (χ2v) is 8.32. The molecule has 28 heavy (non-hydrogen) atoms. The van der Waals surface area contributed by atoms with Gasteiger partial charge in [0.25, 0.3) is 0 Å². The van der Waals surface area contributed by atoms with Gasteiger partial charge in [0.15, 0.2) is 5.84 Å². The minimum Gasteiger partial charge on any atom is -0.380 e. The van der Waals surface area contributed by atoms with Crippen molar-refractivity contribution in [1.82, 2.24) is 4.31 Å². The van der Waals surface area contributed by atoms with E-state index in [9.17, 15) is 17.6 Å². The quantitative estimate of drug-likeness (QED) is 0.355. The van der Waals surface area contributed by atoms with Crippen LogP contribution in [0, 0.1) is 11.7 Å². The number of piperidine rings is 1. The molecule has 1 heterocycles. The first-order valence-electron chi connectivity index (χ1n) is 8.73. The first kappa shape index (κ1) is 20.0. The third-order valence-corrected chi connectivity index (χ3v) is 6.46. The van der Waals surface area contributed by atoms with Crippen molar-refractivity contribution in [3.8, 4) is 0 Å². The number of rotatable bonds is 5. The molecule has 9 heteroatoms. The number of halogens is 1. The number of hydrogen-bond acceptors (Lipinski definition) is 5. The van der Waals surface area contributed by atoms with Crippen molar-refractivity contribution in [3.63, 3.8) is 0 Å². The average molecular weight is 405 g/mol. The van der Waals surface area contributed by atoms with Crippen LogP contribution in [0.25, 0.3) is 0 Å². The summed E-state index contributed by atoms with van der Waals surface area (Å²) in [5.41, 5.74) is 6.16. The van der Waals surface area contributed by atoms with E-state index in [1.807, 2.05) is 0 Å². The van der Waals surface area contributed by atoms with Crippen LogP contribution in [0.2, 0.25) is 0 Å². The van der Waals surface area contributed by atoms with Gasteiger partial charge < -0.3 is 10.6 Å². The number of nitrogens with zero attached hydrogens (tertiary/aromatic N) is 2. The van der Waals surface area contributed by atoms with Crippen LogP contribution >= 0.6 is 0 Å². The normalized spacial score (nSPS) is 16.7. The van der Waals surface area contributed by atoms with E-state index in [0.29, 0.717) is 18.4 Å². The predicted octanol–water partition coefficient (Wildman–Crippen LogP) is 2.09. The summed E-state index contributed by atoms with van der Waals surface area (Å²) in [4.78, 5) is 17.3. The van der Waals surface area contributed by atoms with Crippen LogP contribution in [0.5, 0.6) is 0 Å². The van der Waals surface area contributed by atoms with Crippen LogP contribution in [-0.4, -0.2) is 37.6 Å². The minimum atomic E-state index is -3.57. The monoisotopic (exact) mass is 405 g/mol. The van der Waals surface area contributed by atoms with Crippen LogP contribution < -0.4 is 5.73 Å². The van der Waals surface area contributed by atoms with E-state index in [1.165, 1.54) is 28.6 Å². The Labute approximate surface area is 162 Å². The van der Waals surface area contributed by atoms with Crippen molar-refractivity contribution in [1.29, 1.82) is 0 Å². The first-order valence-corrected chi connectivity index (χ1v) is 10.2. The van der Waals surface area contributed by atoms with E-state index in [2.05, 4.69) is 5.16 Å². The number of carbonyl (C=O) groups is 1. The van der Waals surface area contributed by atoms with Gasteiger partial charge in [-0.2, -0.15) is 4.31 Å². The van der Waals surface area contributed by atoms with Crippen LogP contribution in [0.4, 0.5) is 4.39 Å². The molecule has 0 bridgehead atoms. The zero-order valence-corrected chi connectivity index (χ0v) is 15.8. The largest absolute Gasteiger partial charge is 0.380 e. The van der Waals surface area contributed by atoms with Crippen molar-refractivity contribution in [2.75, 3.05) is 13.1 Å². The fourth-order valence-electron chi connectivity index (χ4n) is 2.92.